The molecule has 2 rings (SSSR count). The van der Waals surface area contributed by atoms with Gasteiger partial charge in [-0.1, -0.05) is 0 Å². The fourth-order valence-corrected chi connectivity index (χ4v) is 1.24. The molecule has 2 aromatic rings. The van der Waals surface area contributed by atoms with E-state index in [9.17, 15) is 0 Å². The SMILES string of the molecule is COCCOc1nc(Cl)nc(-n2ccnc2)n1. The molecule has 0 atom stereocenters. The Morgan fingerprint density at radius 2 is 2.18 bits per heavy atom. The van der Waals surface area contributed by atoms with E-state index in [1.807, 2.05) is 0 Å². The third kappa shape index (κ3) is 3.11. The second-order valence-electron chi connectivity index (χ2n) is 3.00. The first-order valence-electron chi connectivity index (χ1n) is 4.81. The van der Waals surface area contributed by atoms with Crippen molar-refractivity contribution in [2.24, 2.45) is 0 Å². The lowest BCUT2D eigenvalue weighted by Gasteiger charge is -2.05. The summed E-state index contributed by atoms with van der Waals surface area (Å²) in [6, 6.07) is 0.158. The van der Waals surface area contributed by atoms with Crippen molar-refractivity contribution in [2.75, 3.05) is 20.3 Å². The molecule has 17 heavy (non-hydrogen) atoms. The number of rotatable bonds is 5. The molecule has 8 heteroatoms. The van der Waals surface area contributed by atoms with Crippen LogP contribution in [-0.2, 0) is 4.74 Å². The summed E-state index contributed by atoms with van der Waals surface area (Å²) in [7, 11) is 1.58. The Kier molecular flexibility index (Phi) is 3.84. The van der Waals surface area contributed by atoms with Gasteiger partial charge in [-0.15, -0.1) is 0 Å². The Balaban J connectivity index is 2.18. The zero-order valence-corrected chi connectivity index (χ0v) is 9.83. The number of aromatic nitrogens is 5. The average molecular weight is 256 g/mol. The highest BCUT2D eigenvalue weighted by Gasteiger charge is 2.07. The lowest BCUT2D eigenvalue weighted by atomic mass is 10.8. The fraction of sp³-hybridized carbons (Fsp3) is 0.333. The molecule has 0 spiro atoms. The smallest absolute Gasteiger partial charge is 0.322 e. The summed E-state index contributed by atoms with van der Waals surface area (Å²) in [5.74, 6) is 0.356. The van der Waals surface area contributed by atoms with Gasteiger partial charge >= 0.3 is 6.01 Å². The highest BCUT2D eigenvalue weighted by atomic mass is 35.5. The minimum Gasteiger partial charge on any atom is -0.461 e. The summed E-state index contributed by atoms with van der Waals surface area (Å²) < 4.78 is 11.7. The monoisotopic (exact) mass is 255 g/mol. The van der Waals surface area contributed by atoms with Crippen LogP contribution in [0.25, 0.3) is 5.95 Å². The lowest BCUT2D eigenvalue weighted by molar-refractivity contribution is 0.140. The van der Waals surface area contributed by atoms with Gasteiger partial charge in [0, 0.05) is 19.5 Å². The van der Waals surface area contributed by atoms with Crippen LogP contribution < -0.4 is 4.74 Å². The van der Waals surface area contributed by atoms with Gasteiger partial charge in [0.1, 0.15) is 12.9 Å². The first-order chi connectivity index (χ1) is 8.29. The van der Waals surface area contributed by atoms with Crippen LogP contribution >= 0.6 is 11.6 Å². The predicted molar refractivity (Wildman–Crippen MR) is 59.3 cm³/mol. The zero-order chi connectivity index (χ0) is 12.1. The van der Waals surface area contributed by atoms with Crippen molar-refractivity contribution < 1.29 is 9.47 Å². The van der Waals surface area contributed by atoms with Gasteiger partial charge in [-0.25, -0.2) is 4.98 Å². The average Bonchev–Trinajstić information content (AvgIpc) is 2.82. The van der Waals surface area contributed by atoms with Crippen molar-refractivity contribution in [3.8, 4) is 12.0 Å². The maximum absolute atomic E-state index is 5.77. The topological polar surface area (TPSA) is 75.0 Å². The number of hydrogen-bond acceptors (Lipinski definition) is 6. The van der Waals surface area contributed by atoms with Gasteiger partial charge in [-0.05, 0) is 11.6 Å². The Morgan fingerprint density at radius 3 is 2.88 bits per heavy atom. The van der Waals surface area contributed by atoms with Crippen LogP contribution in [-0.4, -0.2) is 44.8 Å². The molecule has 2 aromatic heterocycles. The van der Waals surface area contributed by atoms with E-state index in [0.29, 0.717) is 19.2 Å². The third-order valence-corrected chi connectivity index (χ3v) is 2.00. The highest BCUT2D eigenvalue weighted by molar-refractivity contribution is 6.28. The number of ether oxygens (including phenoxy) is 2. The summed E-state index contributed by atoms with van der Waals surface area (Å²) in [5.41, 5.74) is 0. The van der Waals surface area contributed by atoms with Gasteiger partial charge in [0.15, 0.2) is 0 Å². The Bertz CT molecular complexity index is 476. The molecule has 90 valence electrons. The number of methoxy groups -OCH3 is 1. The highest BCUT2D eigenvalue weighted by Crippen LogP contribution is 2.10. The van der Waals surface area contributed by atoms with Crippen molar-refractivity contribution in [3.05, 3.63) is 24.0 Å². The van der Waals surface area contributed by atoms with E-state index < -0.39 is 0 Å². The van der Waals surface area contributed by atoms with Crippen LogP contribution in [0.5, 0.6) is 6.01 Å². The molecule has 0 aliphatic heterocycles. The molecular weight excluding hydrogens is 246 g/mol. The van der Waals surface area contributed by atoms with Crippen LogP contribution in [0.1, 0.15) is 0 Å². The second-order valence-corrected chi connectivity index (χ2v) is 3.34. The standard InChI is InChI=1S/C9H10ClN5O2/c1-16-4-5-17-9-13-7(10)12-8(14-9)15-3-2-11-6-15/h2-3,6H,4-5H2,1H3. The lowest BCUT2D eigenvalue weighted by Crippen LogP contribution is -2.09. The second kappa shape index (κ2) is 5.55. The Hall–Kier alpha value is -1.73. The molecule has 0 fully saturated rings. The van der Waals surface area contributed by atoms with E-state index in [2.05, 4.69) is 19.9 Å². The predicted octanol–water partition coefficient (Wildman–Crippen LogP) is 0.736. The van der Waals surface area contributed by atoms with Crippen LogP contribution in [0.3, 0.4) is 0 Å². The van der Waals surface area contributed by atoms with Gasteiger partial charge in [0.2, 0.25) is 11.2 Å². The molecular formula is C9H10ClN5O2. The van der Waals surface area contributed by atoms with E-state index in [0.717, 1.165) is 0 Å². The molecule has 0 N–H and O–H groups in total. The molecule has 0 amide bonds. The number of hydrogen-bond donors (Lipinski definition) is 0. The van der Waals surface area contributed by atoms with Gasteiger partial charge in [-0.3, -0.25) is 4.57 Å². The minimum atomic E-state index is 0.0658. The first kappa shape index (κ1) is 11.7. The summed E-state index contributed by atoms with van der Waals surface area (Å²) in [4.78, 5) is 15.8. The third-order valence-electron chi connectivity index (χ3n) is 1.83. The molecule has 0 bridgehead atoms. The van der Waals surface area contributed by atoms with Gasteiger partial charge in [0.05, 0.1) is 6.61 Å². The molecule has 0 radical (unpaired) electrons. The van der Waals surface area contributed by atoms with E-state index >= 15 is 0 Å². The van der Waals surface area contributed by atoms with Crippen molar-refractivity contribution in [3.63, 3.8) is 0 Å². The quantitative estimate of drug-likeness (QED) is 0.734. The van der Waals surface area contributed by atoms with E-state index in [-0.39, 0.29) is 11.3 Å². The van der Waals surface area contributed by atoms with Crippen LogP contribution in [0.2, 0.25) is 5.28 Å². The minimum absolute atomic E-state index is 0.0658. The van der Waals surface area contributed by atoms with E-state index in [4.69, 9.17) is 21.1 Å². The zero-order valence-electron chi connectivity index (χ0n) is 9.08. The van der Waals surface area contributed by atoms with E-state index in [1.54, 1.807) is 30.4 Å². The summed E-state index contributed by atoms with van der Waals surface area (Å²) in [5, 5.41) is 0.0658. The maximum atomic E-state index is 5.77. The van der Waals surface area contributed by atoms with Gasteiger partial charge in [-0.2, -0.15) is 15.0 Å². The number of halogens is 1. The molecule has 0 saturated heterocycles. The van der Waals surface area contributed by atoms with E-state index in [1.165, 1.54) is 0 Å². The molecule has 0 aliphatic carbocycles. The van der Waals surface area contributed by atoms with Crippen molar-refractivity contribution in [1.29, 1.82) is 0 Å². The maximum Gasteiger partial charge on any atom is 0.322 e. The number of imidazole rings is 1. The molecule has 0 unspecified atom stereocenters. The van der Waals surface area contributed by atoms with Gasteiger partial charge in [0.25, 0.3) is 0 Å². The normalized spacial score (nSPS) is 10.5. The summed E-state index contributed by atoms with van der Waals surface area (Å²) >= 11 is 5.77. The molecule has 0 aromatic carbocycles. The number of nitrogens with zero attached hydrogens (tertiary/aromatic N) is 5. The van der Waals surface area contributed by atoms with Crippen molar-refractivity contribution in [1.82, 2.24) is 24.5 Å². The fourth-order valence-electron chi connectivity index (χ4n) is 1.10. The molecule has 0 saturated carbocycles. The van der Waals surface area contributed by atoms with Crippen LogP contribution in [0.4, 0.5) is 0 Å². The summed E-state index contributed by atoms with van der Waals surface area (Å²) in [6.45, 7) is 0.796. The van der Waals surface area contributed by atoms with Crippen LogP contribution in [0, 0.1) is 0 Å². The Labute approximate surface area is 102 Å². The molecule has 7 nitrogen and oxygen atoms in total. The van der Waals surface area contributed by atoms with Gasteiger partial charge < -0.3 is 9.47 Å². The first-order valence-corrected chi connectivity index (χ1v) is 5.19. The molecule has 2 heterocycles. The largest absolute Gasteiger partial charge is 0.461 e. The Morgan fingerprint density at radius 1 is 1.29 bits per heavy atom. The van der Waals surface area contributed by atoms with Crippen LogP contribution in [0.15, 0.2) is 18.7 Å². The summed E-state index contributed by atoms with van der Waals surface area (Å²) in [6.07, 6.45) is 4.87. The molecule has 0 aliphatic rings. The van der Waals surface area contributed by atoms with Crippen molar-refractivity contribution in [2.45, 2.75) is 0 Å². The van der Waals surface area contributed by atoms with Crippen molar-refractivity contribution >= 4 is 11.6 Å².